The lowest BCUT2D eigenvalue weighted by molar-refractivity contribution is 0.0424. The number of rotatable bonds is 7. The van der Waals surface area contributed by atoms with Crippen molar-refractivity contribution in [1.82, 2.24) is 0 Å². The third kappa shape index (κ3) is 3.98. The fourth-order valence-corrected chi connectivity index (χ4v) is 3.81. The zero-order valence-corrected chi connectivity index (χ0v) is 12.5. The second-order valence-corrected chi connectivity index (χ2v) is 6.82. The first-order valence-corrected chi connectivity index (χ1v) is 8.31. The number of hydrogen-bond donors (Lipinski definition) is 0. The Kier molecular flexibility index (Phi) is 5.00. The van der Waals surface area contributed by atoms with Crippen LogP contribution in [0, 0.1) is 17.8 Å². The zero-order valence-electron chi connectivity index (χ0n) is 12.5. The van der Waals surface area contributed by atoms with Gasteiger partial charge in [0.1, 0.15) is 0 Å². The normalized spacial score (nSPS) is 39.9. The third-order valence-corrected chi connectivity index (χ3v) is 5.24. The summed E-state index contributed by atoms with van der Waals surface area (Å²) in [5.74, 6) is 2.24. The van der Waals surface area contributed by atoms with Gasteiger partial charge in [0, 0.05) is 13.2 Å². The second kappa shape index (κ2) is 6.95. The van der Waals surface area contributed by atoms with Crippen LogP contribution in [0.2, 0.25) is 0 Å². The van der Waals surface area contributed by atoms with Crippen molar-refractivity contribution in [3.63, 3.8) is 0 Å². The third-order valence-electron chi connectivity index (χ3n) is 5.24. The zero-order chi connectivity index (χ0) is 13.8. The first-order chi connectivity index (χ1) is 9.85. The van der Waals surface area contributed by atoms with Crippen molar-refractivity contribution in [3.8, 4) is 0 Å². The van der Waals surface area contributed by atoms with Crippen LogP contribution < -0.4 is 0 Å². The molecule has 1 saturated heterocycles. The summed E-state index contributed by atoms with van der Waals surface area (Å²) < 4.78 is 16.9. The summed E-state index contributed by atoms with van der Waals surface area (Å²) >= 11 is 0. The molecule has 20 heavy (non-hydrogen) atoms. The van der Waals surface area contributed by atoms with Gasteiger partial charge in [-0.1, -0.05) is 6.58 Å². The van der Waals surface area contributed by atoms with Gasteiger partial charge in [0.15, 0.2) is 0 Å². The van der Waals surface area contributed by atoms with Crippen LogP contribution >= 0.6 is 0 Å². The Morgan fingerprint density at radius 2 is 1.50 bits per heavy atom. The van der Waals surface area contributed by atoms with Crippen LogP contribution in [0.1, 0.15) is 44.9 Å². The van der Waals surface area contributed by atoms with Crippen LogP contribution in [-0.4, -0.2) is 32.0 Å². The minimum Gasteiger partial charge on any atom is -0.502 e. The van der Waals surface area contributed by atoms with Gasteiger partial charge in [0.05, 0.1) is 25.1 Å². The molecule has 3 atom stereocenters. The first kappa shape index (κ1) is 14.4. The van der Waals surface area contributed by atoms with Crippen LogP contribution in [0.15, 0.2) is 12.8 Å². The van der Waals surface area contributed by atoms with Crippen LogP contribution in [-0.2, 0) is 14.2 Å². The van der Waals surface area contributed by atoms with Crippen LogP contribution in [0.25, 0.3) is 0 Å². The molecule has 3 rings (SSSR count). The van der Waals surface area contributed by atoms with Gasteiger partial charge >= 0.3 is 0 Å². The highest BCUT2D eigenvalue weighted by Crippen LogP contribution is 2.39. The van der Waals surface area contributed by atoms with Crippen LogP contribution in [0.4, 0.5) is 0 Å². The quantitative estimate of drug-likeness (QED) is 0.528. The first-order valence-electron chi connectivity index (χ1n) is 8.31. The van der Waals surface area contributed by atoms with Gasteiger partial charge in [-0.05, 0) is 62.7 Å². The van der Waals surface area contributed by atoms with Gasteiger partial charge in [-0.25, -0.2) is 0 Å². The van der Waals surface area contributed by atoms with Gasteiger partial charge in [-0.15, -0.1) is 0 Å². The van der Waals surface area contributed by atoms with Crippen molar-refractivity contribution < 1.29 is 14.2 Å². The van der Waals surface area contributed by atoms with Gasteiger partial charge in [-0.2, -0.15) is 0 Å². The maximum atomic E-state index is 5.99. The van der Waals surface area contributed by atoms with Crippen molar-refractivity contribution in [3.05, 3.63) is 12.8 Å². The molecule has 0 amide bonds. The minimum atomic E-state index is 0.581. The predicted molar refractivity (Wildman–Crippen MR) is 78.4 cm³/mol. The molecule has 0 bridgehead atoms. The summed E-state index contributed by atoms with van der Waals surface area (Å²) in [7, 11) is 0. The molecule has 0 aromatic carbocycles. The number of ether oxygens (including phenoxy) is 3. The summed E-state index contributed by atoms with van der Waals surface area (Å²) in [4.78, 5) is 0. The highest BCUT2D eigenvalue weighted by molar-refractivity contribution is 4.91. The maximum absolute atomic E-state index is 5.99. The summed E-state index contributed by atoms with van der Waals surface area (Å²) in [6.07, 6.45) is 11.7. The average molecular weight is 280 g/mol. The van der Waals surface area contributed by atoms with E-state index in [1.54, 1.807) is 6.26 Å². The molecule has 1 aliphatic heterocycles. The van der Waals surface area contributed by atoms with Crippen molar-refractivity contribution in [2.75, 3.05) is 19.8 Å². The van der Waals surface area contributed by atoms with E-state index >= 15 is 0 Å². The van der Waals surface area contributed by atoms with E-state index in [0.29, 0.717) is 12.2 Å². The lowest BCUT2D eigenvalue weighted by Crippen LogP contribution is -2.23. The van der Waals surface area contributed by atoms with Crippen molar-refractivity contribution in [2.45, 2.75) is 57.2 Å². The van der Waals surface area contributed by atoms with Crippen molar-refractivity contribution in [2.24, 2.45) is 17.8 Å². The van der Waals surface area contributed by atoms with Crippen molar-refractivity contribution >= 4 is 0 Å². The number of fused-ring (bicyclic) bond motifs is 1. The molecular formula is C17H28O3. The molecule has 1 heterocycles. The monoisotopic (exact) mass is 280 g/mol. The smallest absolute Gasteiger partial charge is 0.0901 e. The van der Waals surface area contributed by atoms with Gasteiger partial charge in [-0.3, -0.25) is 0 Å². The number of hydrogen-bond acceptors (Lipinski definition) is 3. The number of epoxide rings is 1. The Morgan fingerprint density at radius 3 is 2.20 bits per heavy atom. The van der Waals surface area contributed by atoms with E-state index < -0.39 is 0 Å². The Labute approximate surface area is 122 Å². The molecule has 0 aromatic heterocycles. The SMILES string of the molecule is C=COCC1CCC(COCC2CCC3OC3C2)CC1. The van der Waals surface area contributed by atoms with Crippen LogP contribution in [0.5, 0.6) is 0 Å². The fourth-order valence-electron chi connectivity index (χ4n) is 3.81. The maximum Gasteiger partial charge on any atom is 0.0901 e. The standard InChI is InChI=1S/C17H28O3/c1-2-18-10-13-3-5-14(6-4-13)11-19-12-15-7-8-16-17(9-15)20-16/h2,13-17H,1,3-12H2. The molecule has 2 aliphatic carbocycles. The summed E-state index contributed by atoms with van der Waals surface area (Å²) in [6, 6.07) is 0. The molecule has 0 radical (unpaired) electrons. The van der Waals surface area contributed by atoms with E-state index in [9.17, 15) is 0 Å². The predicted octanol–water partition coefficient (Wildman–Crippen LogP) is 3.54. The molecular weight excluding hydrogens is 252 g/mol. The Bertz CT molecular complexity index is 309. The molecule has 3 unspecified atom stereocenters. The van der Waals surface area contributed by atoms with E-state index in [2.05, 4.69) is 6.58 Å². The summed E-state index contributed by atoms with van der Waals surface area (Å²) in [5.41, 5.74) is 0. The molecule has 114 valence electrons. The van der Waals surface area contributed by atoms with Gasteiger partial charge < -0.3 is 14.2 Å². The largest absolute Gasteiger partial charge is 0.502 e. The molecule has 3 aliphatic rings. The van der Waals surface area contributed by atoms with E-state index in [0.717, 1.165) is 37.6 Å². The molecule has 3 nitrogen and oxygen atoms in total. The van der Waals surface area contributed by atoms with E-state index in [-0.39, 0.29) is 0 Å². The highest BCUT2D eigenvalue weighted by Gasteiger charge is 2.43. The van der Waals surface area contributed by atoms with E-state index in [4.69, 9.17) is 14.2 Å². The molecule has 2 saturated carbocycles. The lowest BCUT2D eigenvalue weighted by Gasteiger charge is -2.28. The van der Waals surface area contributed by atoms with Crippen LogP contribution in [0.3, 0.4) is 0 Å². The Morgan fingerprint density at radius 1 is 0.850 bits per heavy atom. The van der Waals surface area contributed by atoms with E-state index in [1.165, 1.54) is 44.9 Å². The Hall–Kier alpha value is -0.540. The fraction of sp³-hybridized carbons (Fsp3) is 0.882. The Balaban J connectivity index is 1.25. The van der Waals surface area contributed by atoms with Crippen molar-refractivity contribution in [1.29, 1.82) is 0 Å². The molecule has 3 fully saturated rings. The highest BCUT2D eigenvalue weighted by atomic mass is 16.6. The summed E-state index contributed by atoms with van der Waals surface area (Å²) in [6.45, 7) is 6.36. The molecule has 0 spiro atoms. The minimum absolute atomic E-state index is 0.581. The molecule has 3 heteroatoms. The topological polar surface area (TPSA) is 31.0 Å². The van der Waals surface area contributed by atoms with E-state index in [1.807, 2.05) is 0 Å². The average Bonchev–Trinajstić information content (AvgIpc) is 3.25. The molecule has 0 aromatic rings. The van der Waals surface area contributed by atoms with Gasteiger partial charge in [0.25, 0.3) is 0 Å². The second-order valence-electron chi connectivity index (χ2n) is 6.82. The van der Waals surface area contributed by atoms with Gasteiger partial charge in [0.2, 0.25) is 0 Å². The molecule has 0 N–H and O–H groups in total. The lowest BCUT2D eigenvalue weighted by atomic mass is 9.83. The summed E-state index contributed by atoms with van der Waals surface area (Å²) in [5, 5.41) is 0.